The van der Waals surface area contributed by atoms with Gasteiger partial charge in [0.1, 0.15) is 11.6 Å². The lowest BCUT2D eigenvalue weighted by Gasteiger charge is -2.38. The van der Waals surface area contributed by atoms with E-state index in [0.29, 0.717) is 17.9 Å². The Hall–Kier alpha value is -4.06. The number of carbonyl (C=O) groups excluding carboxylic acids is 2. The molecule has 1 aliphatic rings. The average Bonchev–Trinajstić information content (AvgIpc) is 3.26. The van der Waals surface area contributed by atoms with Crippen molar-refractivity contribution >= 4 is 17.5 Å². The van der Waals surface area contributed by atoms with Crippen molar-refractivity contribution < 1.29 is 14.0 Å². The lowest BCUT2D eigenvalue weighted by atomic mass is 9.74. The summed E-state index contributed by atoms with van der Waals surface area (Å²) in [6, 6.07) is 23.7. The molecule has 3 aromatic carbocycles. The summed E-state index contributed by atoms with van der Waals surface area (Å²) in [5.41, 5.74) is 4.87. The Balaban J connectivity index is 1.65. The number of Topliss-reactive ketones (excluding diaryl/α,β-unsaturated/α-hetero) is 1. The van der Waals surface area contributed by atoms with Crippen LogP contribution in [0.3, 0.4) is 0 Å². The zero-order valence-electron chi connectivity index (χ0n) is 23.1. The first kappa shape index (κ1) is 26.5. The molecule has 1 amide bonds. The van der Waals surface area contributed by atoms with Gasteiger partial charge < -0.3 is 0 Å². The summed E-state index contributed by atoms with van der Waals surface area (Å²) in [5, 5.41) is 4.86. The van der Waals surface area contributed by atoms with Crippen LogP contribution in [0, 0.1) is 18.7 Å². The fourth-order valence-electron chi connectivity index (χ4n) is 5.61. The second kappa shape index (κ2) is 10.3. The molecule has 1 aromatic heterocycles. The van der Waals surface area contributed by atoms with Crippen molar-refractivity contribution in [3.63, 3.8) is 0 Å². The third-order valence-electron chi connectivity index (χ3n) is 7.64. The standard InChI is InChI=1S/C33H34FN3O2/c1-6-36-31-29(21(2)35-37(31)26-13-8-7-9-14-26)30(22-15-17-25(34)18-16-22)27(32(36)39)20-28(38)23-11-10-12-24(19-23)33(3,4)5/h7-19,27,30H,6,20H2,1-5H3/t27-,30+/m0/s1. The van der Waals surface area contributed by atoms with E-state index in [1.807, 2.05) is 73.1 Å². The second-order valence-corrected chi connectivity index (χ2v) is 11.2. The highest BCUT2D eigenvalue weighted by molar-refractivity contribution is 6.04. The molecule has 0 unspecified atom stereocenters. The quantitative estimate of drug-likeness (QED) is 0.256. The van der Waals surface area contributed by atoms with Crippen molar-refractivity contribution in [2.75, 3.05) is 11.4 Å². The first-order valence-corrected chi connectivity index (χ1v) is 13.5. The summed E-state index contributed by atoms with van der Waals surface area (Å²) in [6.45, 7) is 10.6. The highest BCUT2D eigenvalue weighted by Gasteiger charge is 2.45. The molecular weight excluding hydrogens is 489 g/mol. The molecule has 39 heavy (non-hydrogen) atoms. The van der Waals surface area contributed by atoms with Crippen molar-refractivity contribution in [3.8, 4) is 5.69 Å². The van der Waals surface area contributed by atoms with Crippen LogP contribution in [0.2, 0.25) is 0 Å². The first-order valence-electron chi connectivity index (χ1n) is 13.5. The number of ketones is 1. The number of nitrogens with zero attached hydrogens (tertiary/aromatic N) is 3. The van der Waals surface area contributed by atoms with Crippen LogP contribution in [0.5, 0.6) is 0 Å². The molecular formula is C33H34FN3O2. The Bertz CT molecular complexity index is 1520. The molecule has 0 aliphatic carbocycles. The van der Waals surface area contributed by atoms with Crippen LogP contribution in [-0.4, -0.2) is 28.0 Å². The average molecular weight is 524 g/mol. The molecule has 2 atom stereocenters. The number of aryl methyl sites for hydroxylation is 1. The molecule has 0 N–H and O–H groups in total. The van der Waals surface area contributed by atoms with Crippen LogP contribution in [0.1, 0.15) is 72.8 Å². The molecule has 0 saturated carbocycles. The van der Waals surface area contributed by atoms with Crippen molar-refractivity contribution in [2.24, 2.45) is 5.92 Å². The van der Waals surface area contributed by atoms with Gasteiger partial charge in [0.25, 0.3) is 0 Å². The van der Waals surface area contributed by atoms with E-state index >= 15 is 0 Å². The molecule has 1 aliphatic heterocycles. The number of carbonyl (C=O) groups is 2. The number of rotatable bonds is 6. The monoisotopic (exact) mass is 523 g/mol. The van der Waals surface area contributed by atoms with E-state index in [9.17, 15) is 14.0 Å². The normalized spacial score (nSPS) is 17.3. The predicted molar refractivity (Wildman–Crippen MR) is 152 cm³/mol. The third-order valence-corrected chi connectivity index (χ3v) is 7.64. The lowest BCUT2D eigenvalue weighted by molar-refractivity contribution is -0.123. The largest absolute Gasteiger partial charge is 0.296 e. The third kappa shape index (κ3) is 4.91. The van der Waals surface area contributed by atoms with Crippen molar-refractivity contribution in [1.29, 1.82) is 0 Å². The summed E-state index contributed by atoms with van der Waals surface area (Å²) < 4.78 is 15.8. The first-order chi connectivity index (χ1) is 18.6. The van der Waals surface area contributed by atoms with E-state index in [4.69, 9.17) is 5.10 Å². The molecule has 4 aromatic rings. The van der Waals surface area contributed by atoms with Gasteiger partial charge in [0, 0.05) is 30.0 Å². The van der Waals surface area contributed by atoms with Crippen LogP contribution in [0.25, 0.3) is 5.69 Å². The molecule has 0 saturated heterocycles. The summed E-state index contributed by atoms with van der Waals surface area (Å²) in [6.07, 6.45) is 0.0420. The molecule has 0 fully saturated rings. The number of hydrogen-bond donors (Lipinski definition) is 0. The molecule has 0 radical (unpaired) electrons. The Morgan fingerprint density at radius 1 is 0.974 bits per heavy atom. The predicted octanol–water partition coefficient (Wildman–Crippen LogP) is 7.00. The highest BCUT2D eigenvalue weighted by atomic mass is 19.1. The van der Waals surface area contributed by atoms with Crippen molar-refractivity contribution in [2.45, 2.75) is 52.4 Å². The number of aromatic nitrogens is 2. The number of benzene rings is 3. The van der Waals surface area contributed by atoms with E-state index in [0.717, 1.165) is 28.1 Å². The van der Waals surface area contributed by atoms with Gasteiger partial charge in [-0.2, -0.15) is 5.10 Å². The number of para-hydroxylation sites is 1. The van der Waals surface area contributed by atoms with Crippen LogP contribution in [0.4, 0.5) is 10.2 Å². The number of halogens is 1. The Morgan fingerprint density at radius 3 is 2.31 bits per heavy atom. The van der Waals surface area contributed by atoms with Crippen molar-refractivity contribution in [1.82, 2.24) is 9.78 Å². The van der Waals surface area contributed by atoms with Crippen LogP contribution < -0.4 is 4.90 Å². The maximum Gasteiger partial charge on any atom is 0.232 e. The number of hydrogen-bond acceptors (Lipinski definition) is 3. The second-order valence-electron chi connectivity index (χ2n) is 11.2. The van der Waals surface area contributed by atoms with Gasteiger partial charge in [0.2, 0.25) is 5.91 Å². The molecule has 0 bridgehead atoms. The highest BCUT2D eigenvalue weighted by Crippen LogP contribution is 2.47. The Labute approximate surface area is 229 Å². The zero-order valence-corrected chi connectivity index (χ0v) is 23.1. The number of amides is 1. The fourth-order valence-corrected chi connectivity index (χ4v) is 5.61. The Kier molecular flexibility index (Phi) is 6.98. The minimum atomic E-state index is -0.652. The maximum absolute atomic E-state index is 14.2. The fraction of sp³-hybridized carbons (Fsp3) is 0.303. The molecule has 2 heterocycles. The summed E-state index contributed by atoms with van der Waals surface area (Å²) in [7, 11) is 0. The smallest absolute Gasteiger partial charge is 0.232 e. The van der Waals surface area contributed by atoms with Gasteiger partial charge in [-0.25, -0.2) is 9.07 Å². The maximum atomic E-state index is 14.2. The van der Waals surface area contributed by atoms with Gasteiger partial charge in [-0.3, -0.25) is 14.5 Å². The van der Waals surface area contributed by atoms with Crippen LogP contribution >= 0.6 is 0 Å². The van der Waals surface area contributed by atoms with Gasteiger partial charge in [-0.05, 0) is 60.7 Å². The van der Waals surface area contributed by atoms with Gasteiger partial charge in [0.05, 0.1) is 17.3 Å². The topological polar surface area (TPSA) is 55.2 Å². The van der Waals surface area contributed by atoms with E-state index < -0.39 is 11.8 Å². The Morgan fingerprint density at radius 2 is 1.67 bits per heavy atom. The van der Waals surface area contributed by atoms with Gasteiger partial charge in [-0.1, -0.05) is 69.3 Å². The van der Waals surface area contributed by atoms with Gasteiger partial charge >= 0.3 is 0 Å². The van der Waals surface area contributed by atoms with E-state index in [2.05, 4.69) is 20.8 Å². The summed E-state index contributed by atoms with van der Waals surface area (Å²) in [5.74, 6) is -0.946. The minimum absolute atomic E-state index is 0.0420. The minimum Gasteiger partial charge on any atom is -0.296 e. The summed E-state index contributed by atoms with van der Waals surface area (Å²) in [4.78, 5) is 29.7. The number of fused-ring (bicyclic) bond motifs is 1. The molecule has 0 spiro atoms. The van der Waals surface area contributed by atoms with Crippen molar-refractivity contribution in [3.05, 3.63) is 113 Å². The van der Waals surface area contributed by atoms with Crippen LogP contribution in [-0.2, 0) is 10.2 Å². The van der Waals surface area contributed by atoms with E-state index in [-0.39, 0.29) is 29.3 Å². The SMILES string of the molecule is CCN1C(=O)[C@@H](CC(=O)c2cccc(C(C)(C)C)c2)[C@@H](c2ccc(F)cc2)c2c(C)nn(-c3ccccc3)c21. The van der Waals surface area contributed by atoms with Gasteiger partial charge in [0.15, 0.2) is 5.78 Å². The van der Waals surface area contributed by atoms with Gasteiger partial charge in [-0.15, -0.1) is 0 Å². The molecule has 5 nitrogen and oxygen atoms in total. The molecule has 6 heteroatoms. The van der Waals surface area contributed by atoms with Crippen LogP contribution in [0.15, 0.2) is 78.9 Å². The number of anilines is 1. The van der Waals surface area contributed by atoms with E-state index in [1.54, 1.807) is 17.0 Å². The molecule has 5 rings (SSSR count). The molecule has 200 valence electrons. The zero-order chi connectivity index (χ0) is 27.9. The summed E-state index contributed by atoms with van der Waals surface area (Å²) >= 11 is 0. The van der Waals surface area contributed by atoms with E-state index in [1.165, 1.54) is 12.1 Å². The lowest BCUT2D eigenvalue weighted by Crippen LogP contribution is -2.45.